The molecular formula is C17H15F2N3S. The molecule has 3 nitrogen and oxygen atoms in total. The first-order valence-corrected chi connectivity index (χ1v) is 8.42. The molecule has 1 N–H and O–H groups in total. The van der Waals surface area contributed by atoms with Gasteiger partial charge in [-0.3, -0.25) is 0 Å². The zero-order valence-electron chi connectivity index (χ0n) is 12.6. The zero-order valence-corrected chi connectivity index (χ0v) is 13.4. The van der Waals surface area contributed by atoms with Gasteiger partial charge in [-0.2, -0.15) is 0 Å². The minimum absolute atomic E-state index is 0.314. The fraction of sp³-hybridized carbons (Fsp3) is 0.294. The van der Waals surface area contributed by atoms with Crippen LogP contribution in [0.25, 0.3) is 10.2 Å². The summed E-state index contributed by atoms with van der Waals surface area (Å²) in [5.41, 5.74) is 1.74. The van der Waals surface area contributed by atoms with Crippen molar-refractivity contribution >= 4 is 27.4 Å². The quantitative estimate of drug-likeness (QED) is 0.760. The average Bonchev–Trinajstić information content (AvgIpc) is 3.07. The Kier molecular flexibility index (Phi) is 3.49. The van der Waals surface area contributed by atoms with Gasteiger partial charge in [0.2, 0.25) is 0 Å². The number of fused-ring (bicyclic) bond motifs is 3. The lowest BCUT2D eigenvalue weighted by atomic mass is 10.1. The molecule has 4 rings (SSSR count). The molecule has 0 fully saturated rings. The summed E-state index contributed by atoms with van der Waals surface area (Å²) in [4.78, 5) is 11.1. The Hall–Kier alpha value is -2.08. The lowest BCUT2D eigenvalue weighted by molar-refractivity contribution is 0.566. The molecule has 0 saturated carbocycles. The third-order valence-corrected chi connectivity index (χ3v) is 5.48. The summed E-state index contributed by atoms with van der Waals surface area (Å²) in [6, 6.07) is 3.34. The number of thiophene rings is 1. The van der Waals surface area contributed by atoms with E-state index < -0.39 is 11.6 Å². The lowest BCUT2D eigenvalue weighted by Crippen LogP contribution is -2.10. The zero-order chi connectivity index (χ0) is 16.0. The van der Waals surface area contributed by atoms with Crippen molar-refractivity contribution in [3.05, 3.63) is 52.2 Å². The van der Waals surface area contributed by atoms with Crippen molar-refractivity contribution in [1.82, 2.24) is 9.97 Å². The highest BCUT2D eigenvalue weighted by Crippen LogP contribution is 2.39. The molecule has 6 heteroatoms. The Balaban J connectivity index is 1.72. The minimum atomic E-state index is -0.571. The van der Waals surface area contributed by atoms with Crippen LogP contribution in [0.5, 0.6) is 0 Å². The van der Waals surface area contributed by atoms with Crippen molar-refractivity contribution in [2.24, 2.45) is 0 Å². The number of aryl methyl sites for hydroxylation is 2. The molecule has 1 aliphatic rings. The van der Waals surface area contributed by atoms with Crippen LogP contribution in [0.1, 0.15) is 35.4 Å². The smallest absolute Gasteiger partial charge is 0.138 e. The lowest BCUT2D eigenvalue weighted by Gasteiger charge is -2.16. The number of nitrogens with zero attached hydrogens (tertiary/aromatic N) is 2. The van der Waals surface area contributed by atoms with E-state index >= 15 is 0 Å². The van der Waals surface area contributed by atoms with Crippen LogP contribution < -0.4 is 5.32 Å². The molecule has 118 valence electrons. The van der Waals surface area contributed by atoms with Crippen LogP contribution in [0.15, 0.2) is 24.5 Å². The number of aromatic nitrogens is 2. The molecule has 0 spiro atoms. The SMILES string of the molecule is C[C@H](Nc1ncnc2sc3c(c12)CCC3)c1ccc(F)cc1F. The molecule has 0 saturated heterocycles. The van der Waals surface area contributed by atoms with Crippen LogP contribution in [-0.4, -0.2) is 9.97 Å². The van der Waals surface area contributed by atoms with E-state index in [4.69, 9.17) is 0 Å². The van der Waals surface area contributed by atoms with Gasteiger partial charge in [0.25, 0.3) is 0 Å². The summed E-state index contributed by atoms with van der Waals surface area (Å²) in [6.45, 7) is 1.84. The second-order valence-electron chi connectivity index (χ2n) is 5.79. The predicted octanol–water partition coefficient (Wildman–Crippen LogP) is 4.63. The van der Waals surface area contributed by atoms with E-state index in [1.807, 2.05) is 6.92 Å². The van der Waals surface area contributed by atoms with E-state index in [0.29, 0.717) is 5.56 Å². The monoisotopic (exact) mass is 331 g/mol. The van der Waals surface area contributed by atoms with Crippen LogP contribution in [0.3, 0.4) is 0 Å². The first kappa shape index (κ1) is 14.5. The number of nitrogens with one attached hydrogen (secondary N) is 1. The summed E-state index contributed by atoms with van der Waals surface area (Å²) in [5, 5.41) is 4.33. The molecule has 1 atom stereocenters. The first-order valence-electron chi connectivity index (χ1n) is 7.60. The predicted molar refractivity (Wildman–Crippen MR) is 87.8 cm³/mol. The Bertz CT molecular complexity index is 891. The molecule has 0 radical (unpaired) electrons. The Labute approximate surface area is 136 Å². The summed E-state index contributed by atoms with van der Waals surface area (Å²) in [5.74, 6) is -0.394. The van der Waals surface area contributed by atoms with Gasteiger partial charge in [-0.15, -0.1) is 11.3 Å². The Morgan fingerprint density at radius 1 is 1.22 bits per heavy atom. The number of anilines is 1. The van der Waals surface area contributed by atoms with Crippen LogP contribution in [0, 0.1) is 11.6 Å². The van der Waals surface area contributed by atoms with E-state index in [2.05, 4.69) is 15.3 Å². The van der Waals surface area contributed by atoms with E-state index in [0.717, 1.165) is 41.4 Å². The van der Waals surface area contributed by atoms with Gasteiger partial charge in [-0.05, 0) is 37.8 Å². The van der Waals surface area contributed by atoms with Crippen LogP contribution in [0.4, 0.5) is 14.6 Å². The second kappa shape index (κ2) is 5.53. The van der Waals surface area contributed by atoms with Gasteiger partial charge >= 0.3 is 0 Å². The maximum absolute atomic E-state index is 14.0. The van der Waals surface area contributed by atoms with Gasteiger partial charge < -0.3 is 5.32 Å². The van der Waals surface area contributed by atoms with Crippen LogP contribution in [0.2, 0.25) is 0 Å². The Morgan fingerprint density at radius 2 is 2.09 bits per heavy atom. The molecule has 0 bridgehead atoms. The highest BCUT2D eigenvalue weighted by atomic mass is 32.1. The molecule has 0 aliphatic heterocycles. The number of hydrogen-bond acceptors (Lipinski definition) is 4. The normalized spacial score (nSPS) is 14.9. The second-order valence-corrected chi connectivity index (χ2v) is 6.88. The third kappa shape index (κ3) is 2.47. The van der Waals surface area contributed by atoms with Crippen LogP contribution >= 0.6 is 11.3 Å². The molecule has 3 aromatic rings. The number of benzene rings is 1. The third-order valence-electron chi connectivity index (χ3n) is 4.28. The van der Waals surface area contributed by atoms with Gasteiger partial charge in [0.05, 0.1) is 11.4 Å². The number of halogens is 2. The average molecular weight is 331 g/mol. The topological polar surface area (TPSA) is 37.8 Å². The van der Waals surface area contributed by atoms with Gasteiger partial charge in [0.15, 0.2) is 0 Å². The van der Waals surface area contributed by atoms with Crippen molar-refractivity contribution in [2.45, 2.75) is 32.2 Å². The van der Waals surface area contributed by atoms with E-state index in [9.17, 15) is 8.78 Å². The molecule has 2 heterocycles. The van der Waals surface area contributed by atoms with Gasteiger partial charge in [0, 0.05) is 16.5 Å². The molecule has 2 aromatic heterocycles. The summed E-state index contributed by atoms with van der Waals surface area (Å²) >= 11 is 1.71. The van der Waals surface area contributed by atoms with Gasteiger partial charge in [-0.25, -0.2) is 18.7 Å². The summed E-state index contributed by atoms with van der Waals surface area (Å²) in [7, 11) is 0. The van der Waals surface area contributed by atoms with Crippen LogP contribution in [-0.2, 0) is 12.8 Å². The summed E-state index contributed by atoms with van der Waals surface area (Å²) in [6.07, 6.45) is 4.83. The van der Waals surface area contributed by atoms with Crippen molar-refractivity contribution in [3.63, 3.8) is 0 Å². The van der Waals surface area contributed by atoms with E-state index in [1.54, 1.807) is 11.3 Å². The number of rotatable bonds is 3. The van der Waals surface area contributed by atoms with Crippen molar-refractivity contribution in [3.8, 4) is 0 Å². The van der Waals surface area contributed by atoms with E-state index in [1.165, 1.54) is 28.9 Å². The molecule has 0 amide bonds. The first-order chi connectivity index (χ1) is 11.1. The molecule has 1 aliphatic carbocycles. The van der Waals surface area contributed by atoms with Crippen molar-refractivity contribution in [2.75, 3.05) is 5.32 Å². The standard InChI is InChI=1S/C17H15F2N3S/c1-9(11-6-5-10(18)7-13(11)19)22-16-15-12-3-2-4-14(12)23-17(15)21-8-20-16/h5-9H,2-4H2,1H3,(H,20,21,22)/t9-/m0/s1. The largest absolute Gasteiger partial charge is 0.363 e. The van der Waals surface area contributed by atoms with Gasteiger partial charge in [-0.1, -0.05) is 6.07 Å². The van der Waals surface area contributed by atoms with Gasteiger partial charge in [0.1, 0.15) is 28.6 Å². The fourth-order valence-electron chi connectivity index (χ4n) is 3.17. The molecule has 0 unspecified atom stereocenters. The molecule has 1 aromatic carbocycles. The van der Waals surface area contributed by atoms with Crippen molar-refractivity contribution < 1.29 is 8.78 Å². The molecule has 23 heavy (non-hydrogen) atoms. The minimum Gasteiger partial charge on any atom is -0.363 e. The summed E-state index contributed by atoms with van der Waals surface area (Å²) < 4.78 is 27.0. The number of hydrogen-bond donors (Lipinski definition) is 1. The van der Waals surface area contributed by atoms with Crippen molar-refractivity contribution in [1.29, 1.82) is 0 Å². The highest BCUT2D eigenvalue weighted by molar-refractivity contribution is 7.19. The highest BCUT2D eigenvalue weighted by Gasteiger charge is 2.22. The Morgan fingerprint density at radius 3 is 2.91 bits per heavy atom. The van der Waals surface area contributed by atoms with E-state index in [-0.39, 0.29) is 6.04 Å². The maximum Gasteiger partial charge on any atom is 0.138 e. The maximum atomic E-state index is 14.0. The fourth-order valence-corrected chi connectivity index (χ4v) is 4.40. The molecular weight excluding hydrogens is 316 g/mol.